The van der Waals surface area contributed by atoms with Crippen LogP contribution in [0.2, 0.25) is 0 Å². The van der Waals surface area contributed by atoms with E-state index in [4.69, 9.17) is 9.15 Å². The van der Waals surface area contributed by atoms with E-state index < -0.39 is 35.7 Å². The molecule has 4 rings (SSSR count). The zero-order valence-electron chi connectivity index (χ0n) is 21.9. The standard InChI is InChI=1S/C29H36FN3O5/c1-2-9-23(26(34)28-32-22-14-6-7-15-24(22)38-28)31-27(35)21(13-8-12-20-10-4-3-5-11-20)25(30)29(36)33-16-18-37-19-17-33/h3-6,10-11,14,21,23,25H,2,7-9,12-13,15-19H2,1H3,(H,31,35)/t21?,23-,25?/m0/s1. The van der Waals surface area contributed by atoms with Gasteiger partial charge < -0.3 is 19.4 Å². The van der Waals surface area contributed by atoms with E-state index in [1.54, 1.807) is 0 Å². The molecule has 1 aromatic carbocycles. The molecule has 2 unspecified atom stereocenters. The number of carbonyl (C=O) groups excluding carboxylic acids is 3. The second kappa shape index (κ2) is 13.5. The number of ketones is 1. The van der Waals surface area contributed by atoms with Crippen molar-refractivity contribution in [1.82, 2.24) is 15.2 Å². The minimum Gasteiger partial charge on any atom is -0.438 e. The van der Waals surface area contributed by atoms with Crippen LogP contribution in [-0.2, 0) is 27.2 Å². The number of ether oxygens (including phenoxy) is 1. The first-order chi connectivity index (χ1) is 18.5. The Balaban J connectivity index is 1.48. The number of hydrogen-bond donors (Lipinski definition) is 1. The fourth-order valence-corrected chi connectivity index (χ4v) is 4.88. The number of benzene rings is 1. The third kappa shape index (κ3) is 6.95. The SMILES string of the molecule is CCC[C@H](NC(=O)C(CCCc1ccccc1)C(F)C(=O)N1CCOCC1)C(=O)c1nc2c(o1)CCC=C2. The maximum atomic E-state index is 15.7. The van der Waals surface area contributed by atoms with Gasteiger partial charge in [0.25, 0.3) is 11.8 Å². The predicted molar refractivity (Wildman–Crippen MR) is 140 cm³/mol. The summed E-state index contributed by atoms with van der Waals surface area (Å²) in [6, 6.07) is 8.81. The highest BCUT2D eigenvalue weighted by Gasteiger charge is 2.38. The number of Topliss-reactive ketones (excluding diaryl/α,β-unsaturated/α-hetero) is 1. The Kier molecular flexibility index (Phi) is 9.81. The fourth-order valence-electron chi connectivity index (χ4n) is 4.88. The van der Waals surface area contributed by atoms with Crippen LogP contribution in [-0.4, -0.2) is 66.0 Å². The van der Waals surface area contributed by atoms with Gasteiger partial charge in [0.2, 0.25) is 11.7 Å². The van der Waals surface area contributed by atoms with Crippen molar-refractivity contribution in [3.05, 3.63) is 59.3 Å². The van der Waals surface area contributed by atoms with E-state index in [-0.39, 0.29) is 25.4 Å². The summed E-state index contributed by atoms with van der Waals surface area (Å²) in [6.07, 6.45) is 5.54. The van der Waals surface area contributed by atoms with Crippen LogP contribution < -0.4 is 5.32 Å². The first-order valence-corrected chi connectivity index (χ1v) is 13.5. The molecule has 204 valence electrons. The van der Waals surface area contributed by atoms with Crippen molar-refractivity contribution in [3.8, 4) is 0 Å². The number of hydrogen-bond acceptors (Lipinski definition) is 6. The van der Waals surface area contributed by atoms with Crippen LogP contribution in [0.25, 0.3) is 6.08 Å². The van der Waals surface area contributed by atoms with Gasteiger partial charge in [0, 0.05) is 19.5 Å². The zero-order valence-corrected chi connectivity index (χ0v) is 21.9. The van der Waals surface area contributed by atoms with Gasteiger partial charge in [0.1, 0.15) is 11.5 Å². The molecule has 0 spiro atoms. The maximum Gasteiger partial charge on any atom is 0.266 e. The van der Waals surface area contributed by atoms with Gasteiger partial charge in [-0.25, -0.2) is 9.37 Å². The normalized spacial score (nSPS) is 17.4. The van der Waals surface area contributed by atoms with Gasteiger partial charge in [0.15, 0.2) is 6.17 Å². The molecule has 2 amide bonds. The lowest BCUT2D eigenvalue weighted by atomic mass is 9.92. The zero-order chi connectivity index (χ0) is 26.9. The smallest absolute Gasteiger partial charge is 0.266 e. The Morgan fingerprint density at radius 3 is 2.61 bits per heavy atom. The third-order valence-electron chi connectivity index (χ3n) is 7.03. The van der Waals surface area contributed by atoms with Gasteiger partial charge in [0.05, 0.1) is 25.2 Å². The molecule has 8 nitrogen and oxygen atoms in total. The summed E-state index contributed by atoms with van der Waals surface area (Å²) < 4.78 is 26.7. The number of fused-ring (bicyclic) bond motifs is 1. The van der Waals surface area contributed by atoms with E-state index in [9.17, 15) is 14.4 Å². The Bertz CT molecular complexity index is 1130. The summed E-state index contributed by atoms with van der Waals surface area (Å²) in [5.74, 6) is -2.42. The number of nitrogens with one attached hydrogen (secondary N) is 1. The lowest BCUT2D eigenvalue weighted by Crippen LogP contribution is -2.51. The Morgan fingerprint density at radius 2 is 1.89 bits per heavy atom. The minimum atomic E-state index is -2.01. The van der Waals surface area contributed by atoms with E-state index in [0.717, 1.165) is 12.0 Å². The van der Waals surface area contributed by atoms with Crippen molar-refractivity contribution >= 4 is 23.7 Å². The first kappa shape index (κ1) is 27.7. The lowest BCUT2D eigenvalue weighted by molar-refractivity contribution is -0.146. The van der Waals surface area contributed by atoms with Gasteiger partial charge in [-0.05, 0) is 43.7 Å². The monoisotopic (exact) mass is 525 g/mol. The van der Waals surface area contributed by atoms with Crippen LogP contribution in [0.15, 0.2) is 40.8 Å². The average Bonchev–Trinajstić information content (AvgIpc) is 3.39. The Labute approximate surface area is 222 Å². The molecule has 2 aromatic rings. The number of nitrogens with zero attached hydrogens (tertiary/aromatic N) is 2. The molecule has 0 bridgehead atoms. The van der Waals surface area contributed by atoms with Crippen LogP contribution in [0.3, 0.4) is 0 Å². The van der Waals surface area contributed by atoms with Gasteiger partial charge in [-0.3, -0.25) is 14.4 Å². The highest BCUT2D eigenvalue weighted by molar-refractivity contribution is 5.99. The van der Waals surface area contributed by atoms with Crippen molar-refractivity contribution in [2.45, 2.75) is 64.1 Å². The molecule has 1 N–H and O–H groups in total. The summed E-state index contributed by atoms with van der Waals surface area (Å²) in [5.41, 5.74) is 1.70. The number of alkyl halides is 1. The molecular formula is C29H36FN3O5. The van der Waals surface area contributed by atoms with E-state index >= 15 is 4.39 Å². The van der Waals surface area contributed by atoms with Crippen LogP contribution in [0.4, 0.5) is 4.39 Å². The molecule has 1 saturated heterocycles. The molecule has 2 heterocycles. The van der Waals surface area contributed by atoms with Crippen LogP contribution in [0.5, 0.6) is 0 Å². The third-order valence-corrected chi connectivity index (χ3v) is 7.03. The van der Waals surface area contributed by atoms with E-state index in [2.05, 4.69) is 10.3 Å². The molecule has 0 radical (unpaired) electrons. The van der Waals surface area contributed by atoms with Crippen molar-refractivity contribution in [3.63, 3.8) is 0 Å². The number of oxazole rings is 1. The number of allylic oxidation sites excluding steroid dienone is 1. The number of carbonyl (C=O) groups is 3. The summed E-state index contributed by atoms with van der Waals surface area (Å²) in [4.78, 5) is 45.4. The van der Waals surface area contributed by atoms with Gasteiger partial charge in [-0.15, -0.1) is 0 Å². The second-order valence-electron chi connectivity index (χ2n) is 9.81. The minimum absolute atomic E-state index is 0.0536. The quantitative estimate of drug-likeness (QED) is 0.421. The Hall–Kier alpha value is -3.33. The van der Waals surface area contributed by atoms with Crippen molar-refractivity contribution in [1.29, 1.82) is 0 Å². The molecule has 9 heteroatoms. The van der Waals surface area contributed by atoms with Crippen LogP contribution in [0, 0.1) is 5.92 Å². The van der Waals surface area contributed by atoms with E-state index in [1.807, 2.05) is 49.4 Å². The molecule has 1 aromatic heterocycles. The fraction of sp³-hybridized carbons (Fsp3) is 0.517. The molecule has 2 aliphatic rings. The van der Waals surface area contributed by atoms with Crippen LogP contribution >= 0.6 is 0 Å². The molecule has 1 fully saturated rings. The molecule has 1 aliphatic heterocycles. The summed E-state index contributed by atoms with van der Waals surface area (Å²) in [6.45, 7) is 3.15. The van der Waals surface area contributed by atoms with Crippen molar-refractivity contribution in [2.75, 3.05) is 26.3 Å². The molecule has 0 saturated carbocycles. The molecular weight excluding hydrogens is 489 g/mol. The molecule has 1 aliphatic carbocycles. The maximum absolute atomic E-state index is 15.7. The number of aromatic nitrogens is 1. The van der Waals surface area contributed by atoms with Crippen LogP contribution in [0.1, 0.15) is 66.7 Å². The molecule has 3 atom stereocenters. The number of rotatable bonds is 12. The summed E-state index contributed by atoms with van der Waals surface area (Å²) >= 11 is 0. The van der Waals surface area contributed by atoms with Crippen molar-refractivity contribution < 1.29 is 27.9 Å². The predicted octanol–water partition coefficient (Wildman–Crippen LogP) is 3.94. The number of aryl methyl sites for hydroxylation is 2. The number of morpholine rings is 1. The first-order valence-electron chi connectivity index (χ1n) is 13.5. The molecule has 38 heavy (non-hydrogen) atoms. The van der Waals surface area contributed by atoms with Gasteiger partial charge in [-0.2, -0.15) is 0 Å². The number of halogens is 1. The largest absolute Gasteiger partial charge is 0.438 e. The van der Waals surface area contributed by atoms with Gasteiger partial charge in [-0.1, -0.05) is 49.8 Å². The summed E-state index contributed by atoms with van der Waals surface area (Å²) in [7, 11) is 0. The highest BCUT2D eigenvalue weighted by atomic mass is 19.1. The van der Waals surface area contributed by atoms with Gasteiger partial charge >= 0.3 is 0 Å². The summed E-state index contributed by atoms with van der Waals surface area (Å²) in [5, 5.41) is 2.74. The number of amides is 2. The second-order valence-corrected chi connectivity index (χ2v) is 9.81. The lowest BCUT2D eigenvalue weighted by Gasteiger charge is -2.30. The highest BCUT2D eigenvalue weighted by Crippen LogP contribution is 2.23. The topological polar surface area (TPSA) is 102 Å². The Morgan fingerprint density at radius 1 is 1.13 bits per heavy atom. The van der Waals surface area contributed by atoms with E-state index in [0.29, 0.717) is 56.8 Å². The average molecular weight is 526 g/mol. The van der Waals surface area contributed by atoms with E-state index in [1.165, 1.54) is 4.90 Å². The van der Waals surface area contributed by atoms with Crippen molar-refractivity contribution in [2.24, 2.45) is 5.92 Å².